The number of amides is 2. The minimum atomic E-state index is -0.204. The van der Waals surface area contributed by atoms with E-state index < -0.39 is 0 Å². The molecular weight excluding hydrogens is 424 g/mol. The van der Waals surface area contributed by atoms with Crippen molar-refractivity contribution in [3.05, 3.63) is 47.2 Å². The first kappa shape index (κ1) is 20.2. The average Bonchev–Trinajstić information content (AvgIpc) is 2.70. The summed E-state index contributed by atoms with van der Waals surface area (Å²) < 4.78 is 0.844. The Hall–Kier alpha value is -2.52. The first-order valence-electron chi connectivity index (χ1n) is 9.05. The van der Waals surface area contributed by atoms with Gasteiger partial charge in [0.2, 0.25) is 11.8 Å². The molecule has 1 N–H and O–H groups in total. The van der Waals surface area contributed by atoms with Gasteiger partial charge in [-0.3, -0.25) is 14.5 Å². The second kappa shape index (κ2) is 9.61. The minimum Gasteiger partial charge on any atom is -0.353 e. The number of halogens is 1. The molecule has 3 rings (SSSR count). The van der Waals surface area contributed by atoms with Crippen molar-refractivity contribution in [2.45, 2.75) is 0 Å². The molecule has 28 heavy (non-hydrogen) atoms. The topological polar surface area (TPSA) is 81.7 Å². The van der Waals surface area contributed by atoms with Gasteiger partial charge >= 0.3 is 0 Å². The van der Waals surface area contributed by atoms with Crippen LogP contribution in [0.5, 0.6) is 0 Å². The Labute approximate surface area is 172 Å². The molecule has 1 saturated heterocycles. The van der Waals surface area contributed by atoms with Crippen LogP contribution in [-0.4, -0.2) is 77.9 Å². The number of nitrogens with one attached hydrogen (secondary N) is 1. The Balaban J connectivity index is 1.41. The molecule has 3 heterocycles. The standard InChI is InChI=1S/C19H23BrN6O2/c1-24(13-18(27)23-16-6-5-15(20)12-22-16)14-19(28)26-10-8-25(9-11-26)17-4-2-3-7-21-17/h2-7,12H,8-11,13-14H2,1H3,(H,22,23,27). The zero-order valence-electron chi connectivity index (χ0n) is 15.7. The van der Waals surface area contributed by atoms with Crippen molar-refractivity contribution >= 4 is 39.4 Å². The Kier molecular flexibility index (Phi) is 6.94. The summed E-state index contributed by atoms with van der Waals surface area (Å²) in [7, 11) is 1.76. The van der Waals surface area contributed by atoms with Gasteiger partial charge in [0.1, 0.15) is 11.6 Å². The number of hydrogen-bond donors (Lipinski definition) is 1. The number of nitrogens with zero attached hydrogens (tertiary/aromatic N) is 5. The average molecular weight is 447 g/mol. The first-order valence-corrected chi connectivity index (χ1v) is 9.84. The van der Waals surface area contributed by atoms with Gasteiger partial charge in [-0.05, 0) is 47.2 Å². The molecule has 2 amide bonds. The normalized spacial score (nSPS) is 14.2. The lowest BCUT2D eigenvalue weighted by Gasteiger charge is -2.36. The van der Waals surface area contributed by atoms with Gasteiger partial charge in [0, 0.05) is 43.0 Å². The van der Waals surface area contributed by atoms with Gasteiger partial charge in [-0.2, -0.15) is 0 Å². The number of hydrogen-bond acceptors (Lipinski definition) is 6. The lowest BCUT2D eigenvalue weighted by Crippen LogP contribution is -2.51. The Morgan fingerprint density at radius 1 is 1.11 bits per heavy atom. The highest BCUT2D eigenvalue weighted by molar-refractivity contribution is 9.10. The fraction of sp³-hybridized carbons (Fsp3) is 0.368. The monoisotopic (exact) mass is 446 g/mol. The molecule has 148 valence electrons. The summed E-state index contributed by atoms with van der Waals surface area (Å²) in [5.41, 5.74) is 0. The molecule has 1 aliphatic rings. The van der Waals surface area contributed by atoms with E-state index in [4.69, 9.17) is 0 Å². The Bertz CT molecular complexity index is 794. The molecule has 0 aliphatic carbocycles. The van der Waals surface area contributed by atoms with Crippen molar-refractivity contribution in [2.24, 2.45) is 0 Å². The van der Waals surface area contributed by atoms with Crippen molar-refractivity contribution in [1.82, 2.24) is 19.8 Å². The van der Waals surface area contributed by atoms with Gasteiger partial charge in [-0.25, -0.2) is 9.97 Å². The summed E-state index contributed by atoms with van der Waals surface area (Å²) in [4.78, 5) is 38.8. The molecule has 8 nitrogen and oxygen atoms in total. The van der Waals surface area contributed by atoms with Crippen LogP contribution in [0.15, 0.2) is 47.2 Å². The molecule has 1 fully saturated rings. The Morgan fingerprint density at radius 2 is 1.89 bits per heavy atom. The van der Waals surface area contributed by atoms with E-state index in [9.17, 15) is 9.59 Å². The van der Waals surface area contributed by atoms with Gasteiger partial charge in [0.05, 0.1) is 13.1 Å². The van der Waals surface area contributed by atoms with Crippen molar-refractivity contribution in [1.29, 1.82) is 0 Å². The molecule has 2 aromatic heterocycles. The van der Waals surface area contributed by atoms with Crippen LogP contribution in [0.2, 0.25) is 0 Å². The number of rotatable bonds is 6. The van der Waals surface area contributed by atoms with Crippen LogP contribution in [0.1, 0.15) is 0 Å². The molecule has 9 heteroatoms. The summed E-state index contributed by atoms with van der Waals surface area (Å²) in [6.07, 6.45) is 3.39. The van der Waals surface area contributed by atoms with E-state index in [0.717, 1.165) is 23.4 Å². The number of anilines is 2. The maximum absolute atomic E-state index is 12.5. The number of carbonyl (C=O) groups excluding carboxylic acids is 2. The zero-order chi connectivity index (χ0) is 19.9. The van der Waals surface area contributed by atoms with Crippen LogP contribution >= 0.6 is 15.9 Å². The van der Waals surface area contributed by atoms with Crippen LogP contribution in [0.4, 0.5) is 11.6 Å². The van der Waals surface area contributed by atoms with E-state index >= 15 is 0 Å². The highest BCUT2D eigenvalue weighted by Crippen LogP contribution is 2.13. The second-order valence-electron chi connectivity index (χ2n) is 6.64. The summed E-state index contributed by atoms with van der Waals surface area (Å²) in [6.45, 7) is 3.13. The molecule has 0 spiro atoms. The van der Waals surface area contributed by atoms with Crippen LogP contribution in [0.3, 0.4) is 0 Å². The largest absolute Gasteiger partial charge is 0.353 e. The molecule has 2 aromatic rings. The molecule has 0 atom stereocenters. The van der Waals surface area contributed by atoms with E-state index in [-0.39, 0.29) is 24.9 Å². The lowest BCUT2D eigenvalue weighted by molar-refractivity contribution is -0.132. The van der Waals surface area contributed by atoms with Crippen molar-refractivity contribution in [3.8, 4) is 0 Å². The number of pyridine rings is 2. The molecular formula is C19H23BrN6O2. The van der Waals surface area contributed by atoms with Crippen molar-refractivity contribution in [3.63, 3.8) is 0 Å². The van der Waals surface area contributed by atoms with E-state index in [1.165, 1.54) is 0 Å². The van der Waals surface area contributed by atoms with Crippen molar-refractivity contribution < 1.29 is 9.59 Å². The van der Waals surface area contributed by atoms with Gasteiger partial charge in [0.25, 0.3) is 0 Å². The second-order valence-corrected chi connectivity index (χ2v) is 7.55. The third-order valence-corrected chi connectivity index (χ3v) is 4.89. The molecule has 0 bridgehead atoms. The van der Waals surface area contributed by atoms with E-state index in [0.29, 0.717) is 18.9 Å². The summed E-state index contributed by atoms with van der Waals surface area (Å²) in [5.74, 6) is 1.24. The van der Waals surface area contributed by atoms with E-state index in [1.807, 2.05) is 23.1 Å². The van der Waals surface area contributed by atoms with Gasteiger partial charge < -0.3 is 15.1 Å². The highest BCUT2D eigenvalue weighted by atomic mass is 79.9. The lowest BCUT2D eigenvalue weighted by atomic mass is 10.3. The molecule has 0 radical (unpaired) electrons. The molecule has 0 saturated carbocycles. The predicted molar refractivity (Wildman–Crippen MR) is 111 cm³/mol. The number of carbonyl (C=O) groups is 2. The fourth-order valence-corrected chi connectivity index (χ4v) is 3.22. The number of likely N-dealkylation sites (N-methyl/N-ethyl adjacent to an activating group) is 1. The van der Waals surface area contributed by atoms with E-state index in [2.05, 4.69) is 36.1 Å². The third-order valence-electron chi connectivity index (χ3n) is 4.42. The van der Waals surface area contributed by atoms with Crippen LogP contribution in [-0.2, 0) is 9.59 Å². The van der Waals surface area contributed by atoms with Gasteiger partial charge in [-0.15, -0.1) is 0 Å². The van der Waals surface area contributed by atoms with Gasteiger partial charge in [-0.1, -0.05) is 6.07 Å². The Morgan fingerprint density at radius 3 is 2.54 bits per heavy atom. The molecule has 0 unspecified atom stereocenters. The molecule has 0 aromatic carbocycles. The zero-order valence-corrected chi connectivity index (χ0v) is 17.3. The first-order chi connectivity index (χ1) is 13.5. The quantitative estimate of drug-likeness (QED) is 0.723. The summed E-state index contributed by atoms with van der Waals surface area (Å²) >= 11 is 3.30. The molecule has 1 aliphatic heterocycles. The van der Waals surface area contributed by atoms with Crippen LogP contribution < -0.4 is 10.2 Å². The number of piperazine rings is 1. The van der Waals surface area contributed by atoms with Crippen LogP contribution in [0, 0.1) is 0 Å². The van der Waals surface area contributed by atoms with E-state index in [1.54, 1.807) is 36.5 Å². The van der Waals surface area contributed by atoms with Crippen LogP contribution in [0.25, 0.3) is 0 Å². The highest BCUT2D eigenvalue weighted by Gasteiger charge is 2.23. The smallest absolute Gasteiger partial charge is 0.239 e. The van der Waals surface area contributed by atoms with Crippen molar-refractivity contribution in [2.75, 3.05) is 56.5 Å². The maximum Gasteiger partial charge on any atom is 0.239 e. The number of aromatic nitrogens is 2. The third kappa shape index (κ3) is 5.74. The minimum absolute atomic E-state index is 0.0257. The summed E-state index contributed by atoms with van der Waals surface area (Å²) in [6, 6.07) is 9.35. The SMILES string of the molecule is CN(CC(=O)Nc1ccc(Br)cn1)CC(=O)N1CCN(c2ccccn2)CC1. The fourth-order valence-electron chi connectivity index (χ4n) is 2.99. The maximum atomic E-state index is 12.5. The predicted octanol–water partition coefficient (Wildman–Crippen LogP) is 1.46. The summed E-state index contributed by atoms with van der Waals surface area (Å²) in [5, 5.41) is 2.73. The van der Waals surface area contributed by atoms with Gasteiger partial charge in [0.15, 0.2) is 0 Å².